The summed E-state index contributed by atoms with van der Waals surface area (Å²) in [7, 11) is 0. The van der Waals surface area contributed by atoms with Crippen LogP contribution in [0, 0.1) is 0 Å². The summed E-state index contributed by atoms with van der Waals surface area (Å²) < 4.78 is 0. The van der Waals surface area contributed by atoms with Gasteiger partial charge in [-0.2, -0.15) is 0 Å². The summed E-state index contributed by atoms with van der Waals surface area (Å²) in [6, 6.07) is 17.4. The van der Waals surface area contributed by atoms with Crippen molar-refractivity contribution in [3.8, 4) is 0 Å². The van der Waals surface area contributed by atoms with E-state index >= 15 is 0 Å². The molecular formula is C19H19N5O. The molecule has 1 aromatic carbocycles. The average Bonchev–Trinajstić information content (AvgIpc) is 2.68. The number of carbonyl (C=O) groups is 1. The van der Waals surface area contributed by atoms with Gasteiger partial charge in [-0.05, 0) is 24.1 Å². The van der Waals surface area contributed by atoms with E-state index in [2.05, 4.69) is 37.7 Å². The largest absolute Gasteiger partial charge is 0.370 e. The predicted molar refractivity (Wildman–Crippen MR) is 96.1 cm³/mol. The SMILES string of the molecule is O=C(NCc1ccccn1)c1cc(NCCc2ccccc2)ncn1. The van der Waals surface area contributed by atoms with Crippen molar-refractivity contribution < 1.29 is 4.79 Å². The highest BCUT2D eigenvalue weighted by atomic mass is 16.1. The smallest absolute Gasteiger partial charge is 0.270 e. The summed E-state index contributed by atoms with van der Waals surface area (Å²) in [6.45, 7) is 1.09. The van der Waals surface area contributed by atoms with Gasteiger partial charge in [0.2, 0.25) is 0 Å². The third-order valence-electron chi connectivity index (χ3n) is 3.62. The Labute approximate surface area is 146 Å². The summed E-state index contributed by atoms with van der Waals surface area (Å²) in [5.74, 6) is 0.382. The van der Waals surface area contributed by atoms with Crippen molar-refractivity contribution in [2.45, 2.75) is 13.0 Å². The fourth-order valence-electron chi connectivity index (χ4n) is 2.32. The van der Waals surface area contributed by atoms with Crippen molar-refractivity contribution >= 4 is 11.7 Å². The Morgan fingerprint density at radius 1 is 0.960 bits per heavy atom. The standard InChI is InChI=1S/C19H19N5O/c25-19(22-13-16-8-4-5-10-20-16)17-12-18(24-14-23-17)21-11-9-15-6-2-1-3-7-15/h1-8,10,12,14H,9,11,13H2,(H,22,25)(H,21,23,24). The zero-order chi connectivity index (χ0) is 17.3. The quantitative estimate of drug-likeness (QED) is 0.694. The minimum absolute atomic E-state index is 0.251. The number of benzene rings is 1. The number of carbonyl (C=O) groups excluding carboxylic acids is 1. The molecule has 126 valence electrons. The van der Waals surface area contributed by atoms with E-state index < -0.39 is 0 Å². The monoisotopic (exact) mass is 333 g/mol. The van der Waals surface area contributed by atoms with Gasteiger partial charge in [0.15, 0.2) is 0 Å². The summed E-state index contributed by atoms with van der Waals surface area (Å²) in [4.78, 5) is 24.6. The van der Waals surface area contributed by atoms with Gasteiger partial charge in [0.25, 0.3) is 5.91 Å². The van der Waals surface area contributed by atoms with Crippen molar-refractivity contribution in [2.75, 3.05) is 11.9 Å². The molecule has 25 heavy (non-hydrogen) atoms. The van der Waals surface area contributed by atoms with Crippen LogP contribution >= 0.6 is 0 Å². The summed E-state index contributed by atoms with van der Waals surface area (Å²) in [5.41, 5.74) is 2.37. The molecule has 0 saturated heterocycles. The first-order valence-corrected chi connectivity index (χ1v) is 8.09. The third-order valence-corrected chi connectivity index (χ3v) is 3.62. The molecule has 0 radical (unpaired) electrons. The van der Waals surface area contributed by atoms with E-state index in [4.69, 9.17) is 0 Å². The van der Waals surface area contributed by atoms with E-state index in [9.17, 15) is 4.79 Å². The number of nitrogens with zero attached hydrogens (tertiary/aromatic N) is 3. The van der Waals surface area contributed by atoms with E-state index in [0.717, 1.165) is 18.7 Å². The first-order chi connectivity index (χ1) is 12.3. The highest BCUT2D eigenvalue weighted by Crippen LogP contribution is 2.06. The summed E-state index contributed by atoms with van der Waals surface area (Å²) >= 11 is 0. The molecule has 3 aromatic rings. The number of pyridine rings is 1. The van der Waals surface area contributed by atoms with Gasteiger partial charge >= 0.3 is 0 Å². The zero-order valence-corrected chi connectivity index (χ0v) is 13.7. The Kier molecular flexibility index (Phi) is 5.66. The highest BCUT2D eigenvalue weighted by molar-refractivity contribution is 5.92. The molecule has 6 nitrogen and oxygen atoms in total. The van der Waals surface area contributed by atoms with E-state index in [0.29, 0.717) is 18.1 Å². The maximum atomic E-state index is 12.2. The van der Waals surface area contributed by atoms with Crippen molar-refractivity contribution in [3.05, 3.63) is 84.1 Å². The van der Waals surface area contributed by atoms with E-state index in [-0.39, 0.29) is 5.91 Å². The van der Waals surface area contributed by atoms with E-state index in [1.807, 2.05) is 36.4 Å². The first kappa shape index (κ1) is 16.6. The second-order valence-corrected chi connectivity index (χ2v) is 5.45. The molecule has 1 amide bonds. The van der Waals surface area contributed by atoms with Crippen LogP contribution < -0.4 is 10.6 Å². The van der Waals surface area contributed by atoms with Gasteiger partial charge in [-0.1, -0.05) is 36.4 Å². The average molecular weight is 333 g/mol. The molecule has 0 fully saturated rings. The van der Waals surface area contributed by atoms with Gasteiger partial charge < -0.3 is 10.6 Å². The molecule has 0 saturated carbocycles. The Balaban J connectivity index is 1.52. The number of nitrogens with one attached hydrogen (secondary N) is 2. The van der Waals surface area contributed by atoms with Crippen LogP contribution in [0.4, 0.5) is 5.82 Å². The molecular weight excluding hydrogens is 314 g/mol. The Hall–Kier alpha value is -3.28. The number of anilines is 1. The van der Waals surface area contributed by atoms with Gasteiger partial charge in [-0.15, -0.1) is 0 Å². The molecule has 3 rings (SSSR count). The molecule has 0 aliphatic rings. The number of amides is 1. The number of aromatic nitrogens is 3. The molecule has 0 atom stereocenters. The van der Waals surface area contributed by atoms with Gasteiger partial charge in [-0.25, -0.2) is 9.97 Å². The Morgan fingerprint density at radius 3 is 2.60 bits per heavy atom. The van der Waals surface area contributed by atoms with Crippen LogP contribution in [0.5, 0.6) is 0 Å². The van der Waals surface area contributed by atoms with Crippen LogP contribution in [0.3, 0.4) is 0 Å². The van der Waals surface area contributed by atoms with Crippen LogP contribution in [0.1, 0.15) is 21.7 Å². The minimum atomic E-state index is -0.251. The highest BCUT2D eigenvalue weighted by Gasteiger charge is 2.08. The van der Waals surface area contributed by atoms with Crippen LogP contribution in [-0.2, 0) is 13.0 Å². The van der Waals surface area contributed by atoms with Crippen LogP contribution in [0.25, 0.3) is 0 Å². The van der Waals surface area contributed by atoms with Gasteiger partial charge in [0.1, 0.15) is 17.8 Å². The van der Waals surface area contributed by atoms with Crippen molar-refractivity contribution in [1.29, 1.82) is 0 Å². The molecule has 0 bridgehead atoms. The lowest BCUT2D eigenvalue weighted by Crippen LogP contribution is -2.24. The number of hydrogen-bond acceptors (Lipinski definition) is 5. The Bertz CT molecular complexity index is 808. The van der Waals surface area contributed by atoms with Gasteiger partial charge in [0, 0.05) is 18.8 Å². The third kappa shape index (κ3) is 5.10. The maximum Gasteiger partial charge on any atom is 0.270 e. The molecule has 0 unspecified atom stereocenters. The lowest BCUT2D eigenvalue weighted by Gasteiger charge is -2.08. The fraction of sp³-hybridized carbons (Fsp3) is 0.158. The summed E-state index contributed by atoms with van der Waals surface area (Å²) in [5, 5.41) is 6.02. The van der Waals surface area contributed by atoms with Crippen molar-refractivity contribution in [2.24, 2.45) is 0 Å². The first-order valence-electron chi connectivity index (χ1n) is 8.09. The van der Waals surface area contributed by atoms with E-state index in [1.54, 1.807) is 12.3 Å². The molecule has 2 N–H and O–H groups in total. The van der Waals surface area contributed by atoms with Crippen LogP contribution in [0.15, 0.2) is 67.1 Å². The topological polar surface area (TPSA) is 79.8 Å². The second kappa shape index (κ2) is 8.54. The van der Waals surface area contributed by atoms with Gasteiger partial charge in [-0.3, -0.25) is 9.78 Å². The van der Waals surface area contributed by atoms with E-state index in [1.165, 1.54) is 11.9 Å². The van der Waals surface area contributed by atoms with Crippen LogP contribution in [-0.4, -0.2) is 27.4 Å². The lowest BCUT2D eigenvalue weighted by atomic mass is 10.1. The minimum Gasteiger partial charge on any atom is -0.370 e. The fourth-order valence-corrected chi connectivity index (χ4v) is 2.32. The molecule has 2 aromatic heterocycles. The van der Waals surface area contributed by atoms with Crippen molar-refractivity contribution in [3.63, 3.8) is 0 Å². The molecule has 0 spiro atoms. The lowest BCUT2D eigenvalue weighted by molar-refractivity contribution is 0.0945. The normalized spacial score (nSPS) is 10.2. The maximum absolute atomic E-state index is 12.2. The molecule has 0 aliphatic carbocycles. The predicted octanol–water partition coefficient (Wildman–Crippen LogP) is 2.46. The molecule has 6 heteroatoms. The summed E-state index contributed by atoms with van der Waals surface area (Å²) in [6.07, 6.45) is 3.97. The number of rotatable bonds is 7. The second-order valence-electron chi connectivity index (χ2n) is 5.45. The molecule has 2 heterocycles. The van der Waals surface area contributed by atoms with Crippen molar-refractivity contribution in [1.82, 2.24) is 20.3 Å². The van der Waals surface area contributed by atoms with Crippen LogP contribution in [0.2, 0.25) is 0 Å². The zero-order valence-electron chi connectivity index (χ0n) is 13.7. The molecule has 0 aliphatic heterocycles. The Morgan fingerprint density at radius 2 is 1.80 bits per heavy atom. The van der Waals surface area contributed by atoms with Gasteiger partial charge in [0.05, 0.1) is 12.2 Å². The number of hydrogen-bond donors (Lipinski definition) is 2.